The molecule has 0 radical (unpaired) electrons. The van der Waals surface area contributed by atoms with Crippen molar-refractivity contribution in [1.29, 1.82) is 0 Å². The molecule has 0 saturated carbocycles. The lowest BCUT2D eigenvalue weighted by atomic mass is 10.2. The maximum atomic E-state index is 12.0. The van der Waals surface area contributed by atoms with Crippen LogP contribution in [0.15, 0.2) is 48.5 Å². The van der Waals surface area contributed by atoms with Crippen LogP contribution in [-0.4, -0.2) is 57.3 Å². The van der Waals surface area contributed by atoms with E-state index in [9.17, 15) is 4.79 Å². The van der Waals surface area contributed by atoms with Gasteiger partial charge < -0.3 is 25.2 Å². The summed E-state index contributed by atoms with van der Waals surface area (Å²) in [4.78, 5) is 16.7. The van der Waals surface area contributed by atoms with E-state index in [2.05, 4.69) is 39.6 Å². The number of hydrogen-bond donors (Lipinski definition) is 2. The van der Waals surface area contributed by atoms with Crippen molar-refractivity contribution in [2.45, 2.75) is 6.92 Å². The largest absolute Gasteiger partial charge is 0.492 e. The molecule has 1 fully saturated rings. The fourth-order valence-corrected chi connectivity index (χ4v) is 3.03. The Morgan fingerprint density at radius 2 is 1.81 bits per heavy atom. The van der Waals surface area contributed by atoms with Crippen molar-refractivity contribution in [3.8, 4) is 5.75 Å². The Kier molecular flexibility index (Phi) is 6.54. The van der Waals surface area contributed by atoms with Gasteiger partial charge in [0.25, 0.3) is 0 Å². The summed E-state index contributed by atoms with van der Waals surface area (Å²) in [6.07, 6.45) is 0. The monoisotopic (exact) mass is 368 g/mol. The van der Waals surface area contributed by atoms with E-state index in [1.807, 2.05) is 43.3 Å². The zero-order valence-electron chi connectivity index (χ0n) is 16.1. The highest BCUT2D eigenvalue weighted by atomic mass is 16.5. The van der Waals surface area contributed by atoms with E-state index in [1.54, 1.807) is 0 Å². The topological polar surface area (TPSA) is 56.8 Å². The van der Waals surface area contributed by atoms with Gasteiger partial charge in [-0.2, -0.15) is 0 Å². The minimum atomic E-state index is -0.227. The molecule has 0 aliphatic carbocycles. The van der Waals surface area contributed by atoms with Gasteiger partial charge in [-0.25, -0.2) is 4.79 Å². The molecule has 0 spiro atoms. The molecule has 2 aromatic rings. The van der Waals surface area contributed by atoms with E-state index in [0.717, 1.165) is 43.2 Å². The number of carbonyl (C=O) groups excluding carboxylic acids is 1. The number of anilines is 2. The van der Waals surface area contributed by atoms with E-state index in [1.165, 1.54) is 5.69 Å². The zero-order valence-corrected chi connectivity index (χ0v) is 16.1. The van der Waals surface area contributed by atoms with Crippen molar-refractivity contribution < 1.29 is 9.53 Å². The summed E-state index contributed by atoms with van der Waals surface area (Å²) >= 11 is 0. The van der Waals surface area contributed by atoms with Gasteiger partial charge in [-0.3, -0.25) is 0 Å². The smallest absolute Gasteiger partial charge is 0.319 e. The molecule has 0 bridgehead atoms. The maximum Gasteiger partial charge on any atom is 0.319 e. The van der Waals surface area contributed by atoms with Crippen molar-refractivity contribution in [3.05, 3.63) is 54.1 Å². The number of urea groups is 1. The molecule has 0 atom stereocenters. The number of hydrogen-bond acceptors (Lipinski definition) is 4. The van der Waals surface area contributed by atoms with Gasteiger partial charge in [0, 0.05) is 37.6 Å². The SMILES string of the molecule is Cc1cccc(OCCNC(=O)Nc2ccc(N3CCN(C)CC3)cc2)c1. The number of benzene rings is 2. The number of amides is 2. The van der Waals surface area contributed by atoms with Gasteiger partial charge in [-0.05, 0) is 55.9 Å². The zero-order chi connectivity index (χ0) is 19.1. The summed E-state index contributed by atoms with van der Waals surface area (Å²) in [5, 5.41) is 5.66. The van der Waals surface area contributed by atoms with E-state index < -0.39 is 0 Å². The second-order valence-corrected chi connectivity index (χ2v) is 6.88. The van der Waals surface area contributed by atoms with Gasteiger partial charge in [-0.1, -0.05) is 12.1 Å². The van der Waals surface area contributed by atoms with Gasteiger partial charge in [0.2, 0.25) is 0 Å². The first-order valence-electron chi connectivity index (χ1n) is 9.38. The molecule has 6 heteroatoms. The van der Waals surface area contributed by atoms with Crippen LogP contribution in [0.3, 0.4) is 0 Å². The average Bonchev–Trinajstić information content (AvgIpc) is 2.67. The van der Waals surface area contributed by atoms with Crippen LogP contribution in [0.2, 0.25) is 0 Å². The second-order valence-electron chi connectivity index (χ2n) is 6.88. The van der Waals surface area contributed by atoms with Crippen LogP contribution in [0.25, 0.3) is 0 Å². The first kappa shape index (κ1) is 19.0. The summed E-state index contributed by atoms with van der Waals surface area (Å²) in [6.45, 7) is 7.11. The Morgan fingerprint density at radius 3 is 2.52 bits per heavy atom. The fraction of sp³-hybridized carbons (Fsp3) is 0.381. The van der Waals surface area contributed by atoms with Crippen LogP contribution >= 0.6 is 0 Å². The third-order valence-electron chi connectivity index (χ3n) is 4.64. The second kappa shape index (κ2) is 9.28. The molecule has 2 amide bonds. The number of nitrogens with zero attached hydrogens (tertiary/aromatic N) is 2. The lowest BCUT2D eigenvalue weighted by Gasteiger charge is -2.34. The Balaban J connectivity index is 1.39. The maximum absolute atomic E-state index is 12.0. The number of nitrogens with one attached hydrogen (secondary N) is 2. The molecule has 2 aromatic carbocycles. The first-order valence-corrected chi connectivity index (χ1v) is 9.38. The van der Waals surface area contributed by atoms with Gasteiger partial charge in [-0.15, -0.1) is 0 Å². The normalized spacial score (nSPS) is 14.7. The molecule has 1 saturated heterocycles. The van der Waals surface area contributed by atoms with Crippen LogP contribution < -0.4 is 20.3 Å². The van der Waals surface area contributed by atoms with E-state index in [0.29, 0.717) is 13.2 Å². The number of ether oxygens (including phenoxy) is 1. The highest BCUT2D eigenvalue weighted by Crippen LogP contribution is 2.19. The number of carbonyl (C=O) groups is 1. The van der Waals surface area contributed by atoms with Gasteiger partial charge in [0.05, 0.1) is 6.54 Å². The minimum Gasteiger partial charge on any atom is -0.492 e. The van der Waals surface area contributed by atoms with Gasteiger partial charge >= 0.3 is 6.03 Å². The Morgan fingerprint density at radius 1 is 1.07 bits per heavy atom. The Bertz CT molecular complexity index is 740. The summed E-state index contributed by atoms with van der Waals surface area (Å²) in [7, 11) is 2.15. The highest BCUT2D eigenvalue weighted by Gasteiger charge is 2.14. The number of likely N-dealkylation sites (N-methyl/N-ethyl adjacent to an activating group) is 1. The van der Waals surface area contributed by atoms with Crippen LogP contribution in [-0.2, 0) is 0 Å². The predicted octanol–water partition coefficient (Wildman–Crippen LogP) is 2.95. The number of piperazine rings is 1. The number of rotatable bonds is 6. The summed E-state index contributed by atoms with van der Waals surface area (Å²) < 4.78 is 5.63. The Hall–Kier alpha value is -2.73. The van der Waals surface area contributed by atoms with Gasteiger partial charge in [0.1, 0.15) is 12.4 Å². The summed E-state index contributed by atoms with van der Waals surface area (Å²) in [6, 6.07) is 15.6. The molecule has 2 N–H and O–H groups in total. The van der Waals surface area contributed by atoms with E-state index >= 15 is 0 Å². The molecule has 0 unspecified atom stereocenters. The average molecular weight is 368 g/mol. The molecule has 6 nitrogen and oxygen atoms in total. The minimum absolute atomic E-state index is 0.227. The molecular formula is C21H28N4O2. The molecule has 1 aliphatic rings. The molecular weight excluding hydrogens is 340 g/mol. The molecule has 144 valence electrons. The van der Waals surface area contributed by atoms with Crippen LogP contribution in [0.1, 0.15) is 5.56 Å². The molecule has 0 aromatic heterocycles. The van der Waals surface area contributed by atoms with Crippen molar-refractivity contribution in [2.24, 2.45) is 0 Å². The van der Waals surface area contributed by atoms with Crippen molar-refractivity contribution in [2.75, 3.05) is 56.6 Å². The van der Waals surface area contributed by atoms with Gasteiger partial charge in [0.15, 0.2) is 0 Å². The predicted molar refractivity (Wildman–Crippen MR) is 110 cm³/mol. The third kappa shape index (κ3) is 5.89. The Labute approximate surface area is 161 Å². The van der Waals surface area contributed by atoms with Crippen LogP contribution in [0.5, 0.6) is 5.75 Å². The van der Waals surface area contributed by atoms with E-state index in [4.69, 9.17) is 4.74 Å². The number of aryl methyl sites for hydroxylation is 1. The van der Waals surface area contributed by atoms with Crippen LogP contribution in [0, 0.1) is 6.92 Å². The molecule has 1 heterocycles. The molecule has 27 heavy (non-hydrogen) atoms. The lowest BCUT2D eigenvalue weighted by molar-refractivity contribution is 0.247. The quantitative estimate of drug-likeness (QED) is 0.770. The highest BCUT2D eigenvalue weighted by molar-refractivity contribution is 5.89. The first-order chi connectivity index (χ1) is 13.1. The standard InChI is InChI=1S/C21H28N4O2/c1-17-4-3-5-20(16-17)27-15-10-22-21(26)23-18-6-8-19(9-7-18)25-13-11-24(2)12-14-25/h3-9,16H,10-15H2,1-2H3,(H2,22,23,26). The van der Waals surface area contributed by atoms with Crippen molar-refractivity contribution in [1.82, 2.24) is 10.2 Å². The summed E-state index contributed by atoms with van der Waals surface area (Å²) in [5.41, 5.74) is 3.13. The lowest BCUT2D eigenvalue weighted by Crippen LogP contribution is -2.44. The third-order valence-corrected chi connectivity index (χ3v) is 4.64. The van der Waals surface area contributed by atoms with Crippen molar-refractivity contribution in [3.63, 3.8) is 0 Å². The summed E-state index contributed by atoms with van der Waals surface area (Å²) in [5.74, 6) is 0.816. The molecule has 1 aliphatic heterocycles. The van der Waals surface area contributed by atoms with Crippen LogP contribution in [0.4, 0.5) is 16.2 Å². The van der Waals surface area contributed by atoms with E-state index in [-0.39, 0.29) is 6.03 Å². The van der Waals surface area contributed by atoms with Crippen molar-refractivity contribution >= 4 is 17.4 Å². The fourth-order valence-electron chi connectivity index (χ4n) is 3.03. The molecule has 3 rings (SSSR count).